The average molecular weight is 369 g/mol. The number of carbonyl (C=O) groups is 1. The van der Waals surface area contributed by atoms with Gasteiger partial charge in [0.1, 0.15) is 5.82 Å². The third-order valence-electron chi connectivity index (χ3n) is 2.78. The summed E-state index contributed by atoms with van der Waals surface area (Å²) in [5.41, 5.74) is 7.29. The molecule has 0 saturated heterocycles. The first-order valence-electron chi connectivity index (χ1n) is 6.19. The number of benzene rings is 2. The third kappa shape index (κ3) is 4.47. The Morgan fingerprint density at radius 1 is 1.33 bits per heavy atom. The van der Waals surface area contributed by atoms with Gasteiger partial charge < -0.3 is 11.1 Å². The number of hydrogen-bond acceptors (Lipinski definition) is 3. The summed E-state index contributed by atoms with van der Waals surface area (Å²) in [6.07, 6.45) is 0. The predicted octanol–water partition coefficient (Wildman–Crippen LogP) is 4.21. The predicted molar refractivity (Wildman–Crippen MR) is 89.0 cm³/mol. The molecule has 2 aromatic rings. The molecule has 0 aliphatic rings. The minimum atomic E-state index is -0.469. The molecule has 2 rings (SSSR count). The standard InChI is InChI=1S/C15H14BrFN2OS/c1-9-6-10(2-4-12(9)16)19-15(20)8-21-11-3-5-14(18)13(17)7-11/h2-7H,8,18H2,1H3,(H,19,20). The summed E-state index contributed by atoms with van der Waals surface area (Å²) in [6, 6.07) is 10.1. The van der Waals surface area contributed by atoms with Crippen molar-refractivity contribution in [2.45, 2.75) is 11.8 Å². The molecule has 1 amide bonds. The van der Waals surface area contributed by atoms with Gasteiger partial charge in [-0.1, -0.05) is 15.9 Å². The first-order valence-corrected chi connectivity index (χ1v) is 7.97. The Morgan fingerprint density at radius 3 is 2.76 bits per heavy atom. The molecular weight excluding hydrogens is 355 g/mol. The van der Waals surface area contributed by atoms with E-state index in [-0.39, 0.29) is 17.3 Å². The molecule has 3 nitrogen and oxygen atoms in total. The Balaban J connectivity index is 1.92. The van der Waals surface area contributed by atoms with E-state index in [1.807, 2.05) is 25.1 Å². The van der Waals surface area contributed by atoms with Crippen LogP contribution in [-0.2, 0) is 4.79 Å². The quantitative estimate of drug-likeness (QED) is 0.627. The molecule has 0 bridgehead atoms. The van der Waals surface area contributed by atoms with Crippen LogP contribution in [0.3, 0.4) is 0 Å². The highest BCUT2D eigenvalue weighted by Gasteiger charge is 2.06. The van der Waals surface area contributed by atoms with E-state index in [2.05, 4.69) is 21.2 Å². The fourth-order valence-electron chi connectivity index (χ4n) is 1.67. The van der Waals surface area contributed by atoms with Crippen molar-refractivity contribution in [3.63, 3.8) is 0 Å². The number of rotatable bonds is 4. The molecule has 0 atom stereocenters. The number of hydrogen-bond donors (Lipinski definition) is 2. The number of carbonyl (C=O) groups excluding carboxylic acids is 1. The summed E-state index contributed by atoms with van der Waals surface area (Å²) >= 11 is 4.67. The van der Waals surface area contributed by atoms with Crippen LogP contribution in [0, 0.1) is 12.7 Å². The van der Waals surface area contributed by atoms with Gasteiger partial charge in [-0.2, -0.15) is 0 Å². The molecule has 0 unspecified atom stereocenters. The maximum absolute atomic E-state index is 13.3. The van der Waals surface area contributed by atoms with Crippen molar-refractivity contribution in [3.8, 4) is 0 Å². The second kappa shape index (κ2) is 6.95. The van der Waals surface area contributed by atoms with Gasteiger partial charge >= 0.3 is 0 Å². The highest BCUT2D eigenvalue weighted by atomic mass is 79.9. The maximum Gasteiger partial charge on any atom is 0.234 e. The van der Waals surface area contributed by atoms with Crippen molar-refractivity contribution in [1.29, 1.82) is 0 Å². The van der Waals surface area contributed by atoms with Gasteiger partial charge in [0.15, 0.2) is 0 Å². The lowest BCUT2D eigenvalue weighted by atomic mass is 10.2. The number of anilines is 2. The summed E-state index contributed by atoms with van der Waals surface area (Å²) in [5.74, 6) is -0.402. The molecule has 110 valence electrons. The number of halogens is 2. The lowest BCUT2D eigenvalue weighted by molar-refractivity contribution is -0.113. The second-order valence-corrected chi connectivity index (χ2v) is 6.39. The van der Waals surface area contributed by atoms with Gasteiger partial charge in [0.25, 0.3) is 0 Å². The highest BCUT2D eigenvalue weighted by molar-refractivity contribution is 9.10. The van der Waals surface area contributed by atoms with Gasteiger partial charge in [0.2, 0.25) is 5.91 Å². The third-order valence-corrected chi connectivity index (χ3v) is 4.67. The van der Waals surface area contributed by atoms with Crippen LogP contribution in [0.1, 0.15) is 5.56 Å². The van der Waals surface area contributed by atoms with Crippen LogP contribution in [0.25, 0.3) is 0 Å². The molecule has 0 aliphatic carbocycles. The minimum absolute atomic E-state index is 0.106. The molecule has 2 aromatic carbocycles. The lowest BCUT2D eigenvalue weighted by Gasteiger charge is -2.07. The topological polar surface area (TPSA) is 55.1 Å². The van der Waals surface area contributed by atoms with Crippen molar-refractivity contribution in [3.05, 3.63) is 52.3 Å². The number of amides is 1. The molecule has 0 aromatic heterocycles. The van der Waals surface area contributed by atoms with Crippen LogP contribution in [0.15, 0.2) is 45.8 Å². The van der Waals surface area contributed by atoms with Crippen LogP contribution < -0.4 is 11.1 Å². The number of aryl methyl sites for hydroxylation is 1. The molecule has 0 aliphatic heterocycles. The molecule has 0 heterocycles. The van der Waals surface area contributed by atoms with E-state index in [1.165, 1.54) is 23.9 Å². The van der Waals surface area contributed by atoms with Crippen molar-refractivity contribution < 1.29 is 9.18 Å². The summed E-state index contributed by atoms with van der Waals surface area (Å²) in [6.45, 7) is 1.95. The van der Waals surface area contributed by atoms with E-state index in [1.54, 1.807) is 6.07 Å². The zero-order valence-electron chi connectivity index (χ0n) is 11.3. The highest BCUT2D eigenvalue weighted by Crippen LogP contribution is 2.23. The summed E-state index contributed by atoms with van der Waals surface area (Å²) in [4.78, 5) is 12.5. The van der Waals surface area contributed by atoms with E-state index in [9.17, 15) is 9.18 Å². The summed E-state index contributed by atoms with van der Waals surface area (Å²) < 4.78 is 14.3. The van der Waals surface area contributed by atoms with E-state index in [0.29, 0.717) is 4.90 Å². The van der Waals surface area contributed by atoms with E-state index >= 15 is 0 Å². The molecule has 0 radical (unpaired) electrons. The second-order valence-electron chi connectivity index (χ2n) is 4.48. The molecular formula is C15H14BrFN2OS. The van der Waals surface area contributed by atoms with E-state index in [4.69, 9.17) is 5.73 Å². The van der Waals surface area contributed by atoms with Crippen molar-refractivity contribution in [1.82, 2.24) is 0 Å². The molecule has 0 saturated carbocycles. The van der Waals surface area contributed by atoms with E-state index in [0.717, 1.165) is 15.7 Å². The minimum Gasteiger partial charge on any atom is -0.396 e. The lowest BCUT2D eigenvalue weighted by Crippen LogP contribution is -2.14. The number of nitrogens with two attached hydrogens (primary N) is 1. The number of nitrogen functional groups attached to an aromatic ring is 1. The van der Waals surface area contributed by atoms with Crippen molar-refractivity contribution >= 4 is 45.0 Å². The zero-order valence-corrected chi connectivity index (χ0v) is 13.7. The maximum atomic E-state index is 13.3. The number of nitrogens with one attached hydrogen (secondary N) is 1. The molecule has 0 spiro atoms. The largest absolute Gasteiger partial charge is 0.396 e. The average Bonchev–Trinajstić information content (AvgIpc) is 2.44. The molecule has 0 fully saturated rings. The van der Waals surface area contributed by atoms with Gasteiger partial charge in [-0.05, 0) is 48.9 Å². The normalized spacial score (nSPS) is 10.4. The summed E-state index contributed by atoms with van der Waals surface area (Å²) in [7, 11) is 0. The Kier molecular flexibility index (Phi) is 5.25. The number of thioether (sulfide) groups is 1. The van der Waals surface area contributed by atoms with Crippen LogP contribution in [-0.4, -0.2) is 11.7 Å². The Bertz CT molecular complexity index is 679. The zero-order chi connectivity index (χ0) is 15.4. The van der Waals surface area contributed by atoms with Crippen molar-refractivity contribution in [2.24, 2.45) is 0 Å². The molecule has 3 N–H and O–H groups in total. The smallest absolute Gasteiger partial charge is 0.234 e. The Hall–Kier alpha value is -1.53. The fraction of sp³-hybridized carbons (Fsp3) is 0.133. The van der Waals surface area contributed by atoms with Crippen molar-refractivity contribution in [2.75, 3.05) is 16.8 Å². The summed E-state index contributed by atoms with van der Waals surface area (Å²) in [5, 5.41) is 2.81. The van der Waals surface area contributed by atoms with Gasteiger partial charge in [-0.15, -0.1) is 11.8 Å². The van der Waals surface area contributed by atoms with Gasteiger partial charge in [0.05, 0.1) is 11.4 Å². The van der Waals surface area contributed by atoms with Crippen LogP contribution in [0.4, 0.5) is 15.8 Å². The van der Waals surface area contributed by atoms with Crippen LogP contribution in [0.2, 0.25) is 0 Å². The first kappa shape index (κ1) is 15.9. The van der Waals surface area contributed by atoms with Crippen LogP contribution in [0.5, 0.6) is 0 Å². The van der Waals surface area contributed by atoms with Crippen LogP contribution >= 0.6 is 27.7 Å². The monoisotopic (exact) mass is 368 g/mol. The SMILES string of the molecule is Cc1cc(NC(=O)CSc2ccc(N)c(F)c2)ccc1Br. The van der Waals surface area contributed by atoms with Gasteiger partial charge in [0, 0.05) is 15.1 Å². The Labute approximate surface area is 135 Å². The molecule has 21 heavy (non-hydrogen) atoms. The Morgan fingerprint density at radius 2 is 2.10 bits per heavy atom. The first-order chi connectivity index (χ1) is 9.95. The van der Waals surface area contributed by atoms with E-state index < -0.39 is 5.82 Å². The fourth-order valence-corrected chi connectivity index (χ4v) is 2.63. The molecule has 6 heteroatoms. The van der Waals surface area contributed by atoms with Gasteiger partial charge in [-0.3, -0.25) is 4.79 Å². The van der Waals surface area contributed by atoms with Gasteiger partial charge in [-0.25, -0.2) is 4.39 Å².